The lowest BCUT2D eigenvalue weighted by Crippen LogP contribution is -2.46. The number of halogens is 4. The first-order valence-electron chi connectivity index (χ1n) is 11.5. The lowest BCUT2D eigenvalue weighted by Gasteiger charge is -2.31. The second kappa shape index (κ2) is 10.5. The Morgan fingerprint density at radius 1 is 0.947 bits per heavy atom. The van der Waals surface area contributed by atoms with E-state index < -0.39 is 28.6 Å². The molecule has 198 valence electrons. The molecule has 0 spiro atoms. The van der Waals surface area contributed by atoms with Gasteiger partial charge in [-0.15, -0.1) is 11.3 Å². The molecule has 13 heteroatoms. The number of rotatable bonds is 5. The molecule has 1 aliphatic rings. The predicted octanol–water partition coefficient (Wildman–Crippen LogP) is 4.67. The Morgan fingerprint density at radius 3 is 2.32 bits per heavy atom. The highest BCUT2D eigenvalue weighted by molar-refractivity contribution is 7.91. The predicted molar refractivity (Wildman–Crippen MR) is 135 cm³/mol. The molecular weight excluding hydrogens is 542 g/mol. The normalized spacial score (nSPS) is 15.3. The van der Waals surface area contributed by atoms with E-state index in [1.54, 1.807) is 6.07 Å². The molecule has 1 aromatic carbocycles. The van der Waals surface area contributed by atoms with Crippen molar-refractivity contribution in [1.29, 1.82) is 0 Å². The summed E-state index contributed by atoms with van der Waals surface area (Å²) in [6, 6.07) is 9.49. The monoisotopic (exact) mass is 563 g/mol. The van der Waals surface area contributed by atoms with E-state index in [4.69, 9.17) is 0 Å². The van der Waals surface area contributed by atoms with Crippen LogP contribution in [0.5, 0.6) is 0 Å². The van der Waals surface area contributed by atoms with Gasteiger partial charge < -0.3 is 4.90 Å². The second-order valence-electron chi connectivity index (χ2n) is 8.66. The molecule has 4 heterocycles. The minimum Gasteiger partial charge on any atom is -0.304 e. The van der Waals surface area contributed by atoms with Crippen LogP contribution >= 0.6 is 11.3 Å². The SMILES string of the molecule is CN1CCN(S(=O)(=O)c2ccc(C#Cc3cnn4c(C(F)F)cc(-c5ccc(C(F)F)cc5)nc34)s2)CC1. The molecule has 0 unspecified atom stereocenters. The fourth-order valence-corrected chi connectivity index (χ4v) is 6.72. The highest BCUT2D eigenvalue weighted by Crippen LogP contribution is 2.29. The lowest BCUT2D eigenvalue weighted by molar-refractivity contribution is 0.143. The summed E-state index contributed by atoms with van der Waals surface area (Å²) in [7, 11) is -1.69. The summed E-state index contributed by atoms with van der Waals surface area (Å²) in [5, 5.41) is 4.01. The number of sulfonamides is 1. The molecule has 1 fully saturated rings. The zero-order valence-electron chi connectivity index (χ0n) is 20.0. The summed E-state index contributed by atoms with van der Waals surface area (Å²) in [6.07, 6.45) is -4.22. The highest BCUT2D eigenvalue weighted by Gasteiger charge is 2.28. The van der Waals surface area contributed by atoms with Crippen molar-refractivity contribution in [2.75, 3.05) is 33.2 Å². The number of alkyl halides is 4. The van der Waals surface area contributed by atoms with Gasteiger partial charge in [-0.05, 0) is 25.2 Å². The Bertz CT molecular complexity index is 1630. The third kappa shape index (κ3) is 5.17. The van der Waals surface area contributed by atoms with E-state index in [2.05, 4.69) is 26.8 Å². The van der Waals surface area contributed by atoms with Gasteiger partial charge >= 0.3 is 0 Å². The summed E-state index contributed by atoms with van der Waals surface area (Å²) < 4.78 is 82.1. The zero-order chi connectivity index (χ0) is 27.0. The first-order valence-corrected chi connectivity index (χ1v) is 13.7. The summed E-state index contributed by atoms with van der Waals surface area (Å²) >= 11 is 1.03. The topological polar surface area (TPSA) is 70.8 Å². The van der Waals surface area contributed by atoms with Crippen molar-refractivity contribution in [3.8, 4) is 23.1 Å². The Kier molecular flexibility index (Phi) is 7.23. The average Bonchev–Trinajstić information content (AvgIpc) is 3.55. The largest absolute Gasteiger partial charge is 0.304 e. The van der Waals surface area contributed by atoms with Gasteiger partial charge in [0.2, 0.25) is 0 Å². The Morgan fingerprint density at radius 2 is 1.66 bits per heavy atom. The number of nitrogens with zero attached hydrogens (tertiary/aromatic N) is 5. The third-order valence-corrected chi connectivity index (χ3v) is 9.51. The molecule has 5 rings (SSSR count). The maximum absolute atomic E-state index is 13.8. The van der Waals surface area contributed by atoms with E-state index in [1.807, 2.05) is 7.05 Å². The molecule has 0 saturated carbocycles. The summed E-state index contributed by atoms with van der Waals surface area (Å²) in [5.74, 6) is 5.74. The molecule has 7 nitrogen and oxygen atoms in total. The van der Waals surface area contributed by atoms with Gasteiger partial charge in [0, 0.05) is 37.3 Å². The van der Waals surface area contributed by atoms with Crippen molar-refractivity contribution < 1.29 is 26.0 Å². The van der Waals surface area contributed by atoms with Crippen LogP contribution in [0.25, 0.3) is 16.9 Å². The van der Waals surface area contributed by atoms with E-state index in [1.165, 1.54) is 40.8 Å². The maximum atomic E-state index is 13.8. The Balaban J connectivity index is 1.47. The number of aromatic nitrogens is 3. The smallest absolute Gasteiger partial charge is 0.280 e. The molecule has 0 N–H and O–H groups in total. The standard InChI is InChI=1S/C25H21F4N5O2S2/c1-32-10-12-33(13-11-32)38(35,36)22-9-8-19(37-22)7-6-18-15-30-34-21(24(28)29)14-20(31-25(18)34)16-2-4-17(5-3-16)23(26)27/h2-5,8-9,14-15,23-24H,10-13H2,1H3. The molecule has 1 aliphatic heterocycles. The van der Waals surface area contributed by atoms with Crippen molar-refractivity contribution in [3.05, 3.63) is 70.4 Å². The molecule has 0 amide bonds. The van der Waals surface area contributed by atoms with Crippen LogP contribution in [0.4, 0.5) is 17.6 Å². The van der Waals surface area contributed by atoms with Crippen LogP contribution in [0, 0.1) is 11.8 Å². The van der Waals surface area contributed by atoms with Gasteiger partial charge in [0.05, 0.1) is 22.3 Å². The zero-order valence-corrected chi connectivity index (χ0v) is 21.6. The number of thiophene rings is 1. The van der Waals surface area contributed by atoms with Gasteiger partial charge in [0.1, 0.15) is 9.90 Å². The van der Waals surface area contributed by atoms with Crippen molar-refractivity contribution >= 4 is 27.0 Å². The van der Waals surface area contributed by atoms with Crippen molar-refractivity contribution in [2.45, 2.75) is 17.1 Å². The summed E-state index contributed by atoms with van der Waals surface area (Å²) in [4.78, 5) is 6.96. The van der Waals surface area contributed by atoms with Gasteiger partial charge in [-0.1, -0.05) is 36.1 Å². The molecular formula is C25H21F4N5O2S2. The van der Waals surface area contributed by atoms with Crippen LogP contribution < -0.4 is 0 Å². The van der Waals surface area contributed by atoms with Crippen molar-refractivity contribution in [3.63, 3.8) is 0 Å². The van der Waals surface area contributed by atoms with Gasteiger partial charge in [0.25, 0.3) is 22.9 Å². The van der Waals surface area contributed by atoms with Crippen LogP contribution in [0.2, 0.25) is 0 Å². The highest BCUT2D eigenvalue weighted by atomic mass is 32.2. The average molecular weight is 564 g/mol. The van der Waals surface area contributed by atoms with Crippen molar-refractivity contribution in [2.24, 2.45) is 0 Å². The first-order chi connectivity index (χ1) is 18.1. The first kappa shape index (κ1) is 26.3. The Hall–Kier alpha value is -3.31. The quantitative estimate of drug-likeness (QED) is 0.261. The number of benzene rings is 1. The van der Waals surface area contributed by atoms with Crippen LogP contribution in [0.3, 0.4) is 0 Å². The molecule has 38 heavy (non-hydrogen) atoms. The minimum atomic E-state index is -3.63. The van der Waals surface area contributed by atoms with E-state index >= 15 is 0 Å². The van der Waals surface area contributed by atoms with Gasteiger partial charge in [-0.2, -0.15) is 9.40 Å². The van der Waals surface area contributed by atoms with Gasteiger partial charge in [0.15, 0.2) is 5.65 Å². The summed E-state index contributed by atoms with van der Waals surface area (Å²) in [6.45, 7) is 2.12. The number of piperazine rings is 1. The number of hydrogen-bond acceptors (Lipinski definition) is 6. The fourth-order valence-electron chi connectivity index (χ4n) is 3.99. The van der Waals surface area contributed by atoms with Crippen LogP contribution in [0.15, 0.2) is 52.9 Å². The minimum absolute atomic E-state index is 0.0741. The number of fused-ring (bicyclic) bond motifs is 1. The summed E-state index contributed by atoms with van der Waals surface area (Å²) in [5.41, 5.74) is 0.266. The van der Waals surface area contributed by atoms with E-state index in [0.717, 1.165) is 21.9 Å². The van der Waals surface area contributed by atoms with Crippen molar-refractivity contribution in [1.82, 2.24) is 23.8 Å². The lowest BCUT2D eigenvalue weighted by atomic mass is 10.1. The molecule has 0 bridgehead atoms. The third-order valence-electron chi connectivity index (χ3n) is 6.14. The maximum Gasteiger partial charge on any atom is 0.280 e. The molecule has 0 atom stereocenters. The Labute approximate surface area is 220 Å². The van der Waals surface area contributed by atoms with E-state index in [-0.39, 0.29) is 26.7 Å². The second-order valence-corrected chi connectivity index (χ2v) is 11.9. The number of hydrogen-bond donors (Lipinski definition) is 0. The van der Waals surface area contributed by atoms with Gasteiger partial charge in [-0.25, -0.2) is 35.5 Å². The van der Waals surface area contributed by atoms with Crippen LogP contribution in [-0.2, 0) is 10.0 Å². The molecule has 0 radical (unpaired) electrons. The van der Waals surface area contributed by atoms with E-state index in [9.17, 15) is 26.0 Å². The van der Waals surface area contributed by atoms with Gasteiger partial charge in [-0.3, -0.25) is 0 Å². The van der Waals surface area contributed by atoms with Crippen LogP contribution in [0.1, 0.15) is 34.5 Å². The molecule has 0 aliphatic carbocycles. The molecule has 4 aromatic rings. The van der Waals surface area contributed by atoms with E-state index in [0.29, 0.717) is 36.6 Å². The molecule has 3 aromatic heterocycles. The fraction of sp³-hybridized carbons (Fsp3) is 0.280. The molecule has 1 saturated heterocycles. The van der Waals surface area contributed by atoms with Crippen LogP contribution in [-0.4, -0.2) is 65.4 Å². The number of likely N-dealkylation sites (N-methyl/N-ethyl adjacent to an activating group) is 1.